The molecule has 17 heteroatoms. The van der Waals surface area contributed by atoms with Crippen LogP contribution >= 0.6 is 69.9 Å². The van der Waals surface area contributed by atoms with E-state index in [1.54, 1.807) is 48.5 Å². The van der Waals surface area contributed by atoms with Crippen LogP contribution in [0, 0.1) is 0 Å². The molecule has 0 N–H and O–H groups in total. The third-order valence-electron chi connectivity index (χ3n) is 13.4. The number of halogens is 10. The van der Waals surface area contributed by atoms with Gasteiger partial charge in [-0.1, -0.05) is 140 Å². The Bertz CT molecular complexity index is 2680. The summed E-state index contributed by atoms with van der Waals surface area (Å²) in [5.74, 6) is 2.96. The van der Waals surface area contributed by atoms with Crippen LogP contribution in [0.15, 0.2) is 157 Å². The molecule has 0 fully saturated rings. The molecule has 6 aromatic carbocycles. The minimum Gasteiger partial charge on any atom is -0.540 e. The van der Waals surface area contributed by atoms with Crippen molar-refractivity contribution in [3.8, 4) is 11.5 Å². The Kier molecular flexibility index (Phi) is 26.4. The van der Waals surface area contributed by atoms with Gasteiger partial charge >= 0.3 is 12.4 Å². The number of carbonyl (C=O) groups excluding carboxylic acids is 1. The Morgan fingerprint density at radius 1 is 0.519 bits per heavy atom. The van der Waals surface area contributed by atoms with Gasteiger partial charge in [-0.25, -0.2) is 0 Å². The number of thioether (sulfide) groups is 2. The summed E-state index contributed by atoms with van der Waals surface area (Å²) in [6, 6.07) is 46.1. The monoisotopic (exact) mass is 1220 g/mol. The van der Waals surface area contributed by atoms with Crippen LogP contribution in [0.2, 0.25) is 38.2 Å². The average Bonchev–Trinajstić information content (AvgIpc) is 3.43. The van der Waals surface area contributed by atoms with E-state index in [0.717, 1.165) is 80.4 Å². The number of ketones is 1. The standard InChI is InChI=1S/C34H41Cl2F3O2SSi.C28H27Cl2F3O2S/c1-33(2,3)43(4,5)41-32(34(37,38)39)21-10-25-8-19-30(20-9-25)40-22-24-42-23-6-7-31(26-11-15-28(35)16-12-26)27-13-17-29(36)18-14-27;29-23-10-6-21(7-11-23)26(22-8-12-24(30)13-9-22)2-1-18-36-19-17-35-25-14-3-20(4-15-25)5-16-27(34)28(31,32)33/h8-9,11-21,31H,6-7,10,22-24H2,1-5H3;3-4,6-15,26H,1-2,5,16-19H2/b32-21-;. The first-order valence-corrected chi connectivity index (χ1v) is 32.8. The second-order valence-electron chi connectivity index (χ2n) is 20.4. The van der Waals surface area contributed by atoms with E-state index in [2.05, 4.69) is 48.5 Å². The quantitative estimate of drug-likeness (QED) is 0.0222. The minimum atomic E-state index is -4.77. The van der Waals surface area contributed by atoms with Crippen LogP contribution < -0.4 is 9.47 Å². The van der Waals surface area contributed by atoms with Crippen molar-refractivity contribution in [2.45, 2.75) is 108 Å². The number of hydrogen-bond acceptors (Lipinski definition) is 6. The molecular weight excluding hydrogens is 1160 g/mol. The summed E-state index contributed by atoms with van der Waals surface area (Å²) in [7, 11) is -2.61. The van der Waals surface area contributed by atoms with Gasteiger partial charge in [0.1, 0.15) is 11.5 Å². The summed E-state index contributed by atoms with van der Waals surface area (Å²) >= 11 is 28.0. The maximum absolute atomic E-state index is 13.7. The molecule has 0 aliphatic heterocycles. The maximum atomic E-state index is 13.7. The number of aryl methyl sites for hydroxylation is 1. The van der Waals surface area contributed by atoms with Gasteiger partial charge in [0, 0.05) is 49.9 Å². The number of benzene rings is 6. The molecule has 0 bridgehead atoms. The lowest BCUT2D eigenvalue weighted by atomic mass is 9.88. The zero-order valence-electron chi connectivity index (χ0n) is 45.0. The fourth-order valence-corrected chi connectivity index (χ4v) is 11.1. The molecule has 0 heterocycles. The van der Waals surface area contributed by atoms with E-state index in [9.17, 15) is 31.1 Å². The Labute approximate surface area is 492 Å². The van der Waals surface area contributed by atoms with Gasteiger partial charge in [0.15, 0.2) is 5.76 Å². The van der Waals surface area contributed by atoms with Crippen molar-refractivity contribution in [2.75, 3.05) is 36.2 Å². The fourth-order valence-electron chi connectivity index (χ4n) is 7.98. The zero-order valence-corrected chi connectivity index (χ0v) is 50.7. The molecule has 0 saturated carbocycles. The van der Waals surface area contributed by atoms with Crippen molar-refractivity contribution in [1.29, 1.82) is 0 Å². The Balaban J connectivity index is 0.000000295. The van der Waals surface area contributed by atoms with Crippen molar-refractivity contribution in [3.63, 3.8) is 0 Å². The second kappa shape index (κ2) is 31.8. The summed E-state index contributed by atoms with van der Waals surface area (Å²) in [5.41, 5.74) is 6.35. The normalized spacial score (nSPS) is 12.3. The number of rotatable bonds is 27. The SMILES string of the molecule is CC(C)(C)[Si](C)(C)O/C(=C\Cc1ccc(OCCSCCCC(c2ccc(Cl)cc2)c2ccc(Cl)cc2)cc1)C(F)(F)F.O=C(CCc1ccc(OCCSCCCC(c2ccc(Cl)cc2)c2ccc(Cl)cc2)cc1)C(F)(F)F. The summed E-state index contributed by atoms with van der Waals surface area (Å²) in [4.78, 5) is 11.0. The molecule has 0 saturated heterocycles. The van der Waals surface area contributed by atoms with Crippen LogP contribution in [-0.2, 0) is 22.1 Å². The van der Waals surface area contributed by atoms with Gasteiger partial charge in [-0.15, -0.1) is 0 Å². The van der Waals surface area contributed by atoms with E-state index in [-0.39, 0.29) is 29.7 Å². The molecule has 0 aliphatic rings. The molecule has 0 radical (unpaired) electrons. The van der Waals surface area contributed by atoms with Crippen molar-refractivity contribution >= 4 is 84.0 Å². The van der Waals surface area contributed by atoms with Gasteiger partial charge in [-0.05, 0) is 180 Å². The van der Waals surface area contributed by atoms with Crippen LogP contribution in [0.25, 0.3) is 0 Å². The Hall–Kier alpha value is -4.21. The first kappa shape index (κ1) is 65.6. The van der Waals surface area contributed by atoms with Gasteiger partial charge < -0.3 is 13.9 Å². The summed E-state index contributed by atoms with van der Waals surface area (Å²) < 4.78 is 95.2. The fraction of sp³-hybridized carbons (Fsp3) is 0.371. The van der Waals surface area contributed by atoms with Crippen LogP contribution in [0.4, 0.5) is 26.3 Å². The van der Waals surface area contributed by atoms with E-state index in [1.807, 2.05) is 106 Å². The summed E-state index contributed by atoms with van der Waals surface area (Å²) in [5, 5.41) is 2.56. The highest BCUT2D eigenvalue weighted by Crippen LogP contribution is 2.41. The van der Waals surface area contributed by atoms with Crippen molar-refractivity contribution < 1.29 is 45.0 Å². The predicted molar refractivity (Wildman–Crippen MR) is 322 cm³/mol. The summed E-state index contributed by atoms with van der Waals surface area (Å²) in [6.07, 6.45) is -4.42. The Morgan fingerprint density at radius 3 is 1.20 bits per heavy atom. The molecule has 0 aliphatic carbocycles. The number of Topliss-reactive ketones (excluding diaryl/α,β-unsaturated/α-hetero) is 1. The van der Waals surface area contributed by atoms with Gasteiger partial charge in [-0.3, -0.25) is 4.79 Å². The highest BCUT2D eigenvalue weighted by atomic mass is 35.5. The number of allylic oxidation sites excluding steroid dienone is 2. The first-order chi connectivity index (χ1) is 37.4. The van der Waals surface area contributed by atoms with Crippen LogP contribution in [0.1, 0.15) is 98.1 Å². The number of ether oxygens (including phenoxy) is 2. The third kappa shape index (κ3) is 23.3. The average molecular weight is 1230 g/mol. The number of hydrogen-bond donors (Lipinski definition) is 0. The lowest BCUT2D eigenvalue weighted by Crippen LogP contribution is -2.42. The molecule has 6 rings (SSSR count). The molecule has 79 heavy (non-hydrogen) atoms. The van der Waals surface area contributed by atoms with E-state index in [1.165, 1.54) is 22.3 Å². The number of alkyl halides is 6. The van der Waals surface area contributed by atoms with Crippen molar-refractivity contribution in [3.05, 3.63) is 211 Å². The lowest BCUT2D eigenvalue weighted by Gasteiger charge is -2.37. The van der Waals surface area contributed by atoms with Crippen LogP contribution in [0.3, 0.4) is 0 Å². The molecule has 0 unspecified atom stereocenters. The topological polar surface area (TPSA) is 44.8 Å². The summed E-state index contributed by atoms with van der Waals surface area (Å²) in [6.45, 7) is 10.5. The van der Waals surface area contributed by atoms with Crippen LogP contribution in [0.5, 0.6) is 11.5 Å². The van der Waals surface area contributed by atoms with Crippen molar-refractivity contribution in [1.82, 2.24) is 0 Å². The molecule has 6 aromatic rings. The zero-order chi connectivity index (χ0) is 57.6. The molecule has 0 amide bonds. The molecule has 426 valence electrons. The number of carbonyl (C=O) groups is 1. The van der Waals surface area contributed by atoms with Gasteiger partial charge in [0.2, 0.25) is 14.1 Å². The highest BCUT2D eigenvalue weighted by Gasteiger charge is 2.45. The molecular formula is C62H68Cl4F6O4S2Si. The first-order valence-electron chi connectivity index (χ1n) is 26.0. The predicted octanol–water partition coefficient (Wildman–Crippen LogP) is 20.5. The molecule has 0 aromatic heterocycles. The van der Waals surface area contributed by atoms with Gasteiger partial charge in [0.25, 0.3) is 0 Å². The van der Waals surface area contributed by atoms with E-state index in [0.29, 0.717) is 30.3 Å². The molecule has 0 spiro atoms. The van der Waals surface area contributed by atoms with Crippen LogP contribution in [-0.4, -0.2) is 62.7 Å². The van der Waals surface area contributed by atoms with E-state index >= 15 is 0 Å². The molecule has 0 atom stereocenters. The van der Waals surface area contributed by atoms with Crippen molar-refractivity contribution in [2.24, 2.45) is 0 Å². The second-order valence-corrected chi connectivity index (χ2v) is 29.3. The van der Waals surface area contributed by atoms with Gasteiger partial charge in [-0.2, -0.15) is 49.9 Å². The smallest absolute Gasteiger partial charge is 0.449 e. The highest BCUT2D eigenvalue weighted by molar-refractivity contribution is 7.99. The largest absolute Gasteiger partial charge is 0.540 e. The van der Waals surface area contributed by atoms with E-state index < -0.39 is 38.6 Å². The third-order valence-corrected chi connectivity index (χ3v) is 20.8. The van der Waals surface area contributed by atoms with Gasteiger partial charge in [0.05, 0.1) is 13.2 Å². The molecule has 4 nitrogen and oxygen atoms in total. The lowest BCUT2D eigenvalue weighted by molar-refractivity contribution is -0.171. The minimum absolute atomic E-state index is 0.0571. The Morgan fingerprint density at radius 2 is 0.873 bits per heavy atom. The maximum Gasteiger partial charge on any atom is 0.449 e. The van der Waals surface area contributed by atoms with E-state index in [4.69, 9.17) is 60.3 Å².